The first-order valence-corrected chi connectivity index (χ1v) is 5.54. The van der Waals surface area contributed by atoms with Crippen molar-refractivity contribution < 1.29 is 18.0 Å². The van der Waals surface area contributed by atoms with Gasteiger partial charge in [-0.25, -0.2) is 8.78 Å². The fourth-order valence-corrected chi connectivity index (χ4v) is 2.04. The summed E-state index contributed by atoms with van der Waals surface area (Å²) in [7, 11) is 0. The molecule has 0 bridgehead atoms. The summed E-state index contributed by atoms with van der Waals surface area (Å²) in [4.78, 5) is 11.1. The molecular formula is C12H7BrF2O2. The maximum Gasteiger partial charge on any atom is 0.194 e. The van der Waals surface area contributed by atoms with E-state index in [1.807, 2.05) is 0 Å². The smallest absolute Gasteiger partial charge is 0.194 e. The van der Waals surface area contributed by atoms with Gasteiger partial charge < -0.3 is 4.42 Å². The Hall–Kier alpha value is -1.49. The first kappa shape index (κ1) is 12.0. The highest BCUT2D eigenvalue weighted by Gasteiger charge is 2.16. The summed E-state index contributed by atoms with van der Waals surface area (Å²) in [6.45, 7) is 1.35. The predicted octanol–water partition coefficient (Wildman–Crippen LogP) is 4.19. The van der Waals surface area contributed by atoms with Crippen molar-refractivity contribution in [1.29, 1.82) is 0 Å². The van der Waals surface area contributed by atoms with Gasteiger partial charge in [0.15, 0.2) is 11.5 Å². The van der Waals surface area contributed by atoms with Gasteiger partial charge in [0, 0.05) is 17.5 Å². The lowest BCUT2D eigenvalue weighted by Crippen LogP contribution is -1.89. The Morgan fingerprint density at radius 3 is 2.53 bits per heavy atom. The summed E-state index contributed by atoms with van der Waals surface area (Å²) < 4.78 is 31.9. The largest absolute Gasteiger partial charge is 0.453 e. The van der Waals surface area contributed by atoms with Crippen LogP contribution in [0.25, 0.3) is 11.3 Å². The van der Waals surface area contributed by atoms with Crippen molar-refractivity contribution >= 4 is 21.7 Å². The third kappa shape index (κ3) is 2.29. The molecule has 0 saturated heterocycles. The molecule has 0 aliphatic heterocycles. The Labute approximate surface area is 104 Å². The quantitative estimate of drug-likeness (QED) is 0.779. The van der Waals surface area contributed by atoms with Crippen LogP contribution in [0.15, 0.2) is 33.2 Å². The van der Waals surface area contributed by atoms with Crippen LogP contribution in [0, 0.1) is 11.6 Å². The second kappa shape index (κ2) is 4.41. The number of ketones is 1. The van der Waals surface area contributed by atoms with Crippen molar-refractivity contribution in [2.24, 2.45) is 0 Å². The van der Waals surface area contributed by atoms with Gasteiger partial charge in [-0.15, -0.1) is 0 Å². The van der Waals surface area contributed by atoms with Gasteiger partial charge in [0.1, 0.15) is 17.4 Å². The molecule has 2 rings (SSSR count). The molecule has 0 N–H and O–H groups in total. The van der Waals surface area contributed by atoms with Crippen LogP contribution >= 0.6 is 15.9 Å². The Bertz CT molecular complexity index is 567. The minimum Gasteiger partial charge on any atom is -0.453 e. The normalized spacial score (nSPS) is 10.6. The summed E-state index contributed by atoms with van der Waals surface area (Å²) in [5, 5.41) is 0. The molecule has 2 aromatic rings. The zero-order valence-corrected chi connectivity index (χ0v) is 10.3. The molecule has 0 saturated carbocycles. The number of rotatable bonds is 2. The summed E-state index contributed by atoms with van der Waals surface area (Å²) in [6, 6.07) is 4.81. The molecule has 1 heterocycles. The fourth-order valence-electron chi connectivity index (χ4n) is 1.44. The lowest BCUT2D eigenvalue weighted by atomic mass is 10.1. The maximum absolute atomic E-state index is 13.6. The van der Waals surface area contributed by atoms with Crippen LogP contribution in [0.4, 0.5) is 8.78 Å². The van der Waals surface area contributed by atoms with E-state index in [9.17, 15) is 13.6 Å². The van der Waals surface area contributed by atoms with E-state index < -0.39 is 11.6 Å². The standard InChI is InChI=1S/C12H7BrF2O2/c1-6(16)10-2-3-11(17-10)12-8(13)4-7(14)5-9(12)15/h2-5H,1H3. The van der Waals surface area contributed by atoms with Crippen LogP contribution in [-0.4, -0.2) is 5.78 Å². The molecule has 0 aliphatic rings. The lowest BCUT2D eigenvalue weighted by Gasteiger charge is -2.03. The zero-order valence-electron chi connectivity index (χ0n) is 8.76. The number of benzene rings is 1. The second-order valence-electron chi connectivity index (χ2n) is 3.46. The minimum absolute atomic E-state index is 0.0962. The van der Waals surface area contributed by atoms with E-state index >= 15 is 0 Å². The molecule has 0 fully saturated rings. The molecular weight excluding hydrogens is 294 g/mol. The van der Waals surface area contributed by atoms with Crippen molar-refractivity contribution in [3.8, 4) is 11.3 Å². The van der Waals surface area contributed by atoms with E-state index in [-0.39, 0.29) is 27.3 Å². The average Bonchev–Trinajstić information content (AvgIpc) is 2.65. The molecule has 17 heavy (non-hydrogen) atoms. The number of halogens is 3. The van der Waals surface area contributed by atoms with Crippen molar-refractivity contribution in [2.75, 3.05) is 0 Å². The summed E-state index contributed by atoms with van der Waals surface area (Å²) in [5.41, 5.74) is 0.0962. The monoisotopic (exact) mass is 300 g/mol. The van der Waals surface area contributed by atoms with Crippen molar-refractivity contribution in [1.82, 2.24) is 0 Å². The van der Waals surface area contributed by atoms with Crippen LogP contribution in [0.5, 0.6) is 0 Å². The molecule has 0 atom stereocenters. The minimum atomic E-state index is -0.749. The third-order valence-corrected chi connectivity index (χ3v) is 2.83. The van der Waals surface area contributed by atoms with Gasteiger partial charge >= 0.3 is 0 Å². The van der Waals surface area contributed by atoms with Crippen molar-refractivity contribution in [2.45, 2.75) is 6.92 Å². The Morgan fingerprint density at radius 2 is 2.00 bits per heavy atom. The van der Waals surface area contributed by atoms with Gasteiger partial charge in [0.2, 0.25) is 0 Å². The second-order valence-corrected chi connectivity index (χ2v) is 4.32. The highest BCUT2D eigenvalue weighted by atomic mass is 79.9. The van der Waals surface area contributed by atoms with Crippen LogP contribution in [0.3, 0.4) is 0 Å². The number of carbonyl (C=O) groups excluding carboxylic acids is 1. The zero-order chi connectivity index (χ0) is 12.6. The van der Waals surface area contributed by atoms with E-state index in [1.54, 1.807) is 0 Å². The molecule has 0 aliphatic carbocycles. The van der Waals surface area contributed by atoms with Crippen LogP contribution in [-0.2, 0) is 0 Å². The molecule has 0 spiro atoms. The Kier molecular flexibility index (Phi) is 3.11. The van der Waals surface area contributed by atoms with E-state index in [1.165, 1.54) is 19.1 Å². The molecule has 0 radical (unpaired) electrons. The van der Waals surface area contributed by atoms with Crippen LogP contribution in [0.2, 0.25) is 0 Å². The maximum atomic E-state index is 13.6. The number of furan rings is 1. The van der Waals surface area contributed by atoms with Gasteiger partial charge in [-0.2, -0.15) is 0 Å². The predicted molar refractivity (Wildman–Crippen MR) is 61.8 cm³/mol. The topological polar surface area (TPSA) is 30.2 Å². The summed E-state index contributed by atoms with van der Waals surface area (Å²) in [6.07, 6.45) is 0. The number of hydrogen-bond donors (Lipinski definition) is 0. The van der Waals surface area contributed by atoms with E-state index in [0.717, 1.165) is 12.1 Å². The van der Waals surface area contributed by atoms with Gasteiger partial charge in [0.25, 0.3) is 0 Å². The average molecular weight is 301 g/mol. The van der Waals surface area contributed by atoms with Crippen LogP contribution in [0.1, 0.15) is 17.5 Å². The number of hydrogen-bond acceptors (Lipinski definition) is 2. The molecule has 2 nitrogen and oxygen atoms in total. The SMILES string of the molecule is CC(=O)c1ccc(-c2c(F)cc(F)cc2Br)o1. The number of Topliss-reactive ketones (excluding diaryl/α,β-unsaturated/α-hetero) is 1. The Balaban J connectivity index is 2.56. The molecule has 0 amide bonds. The highest BCUT2D eigenvalue weighted by Crippen LogP contribution is 2.33. The van der Waals surface area contributed by atoms with Crippen molar-refractivity contribution in [3.05, 3.63) is 46.1 Å². The molecule has 1 aromatic heterocycles. The number of carbonyl (C=O) groups is 1. The first-order valence-electron chi connectivity index (χ1n) is 4.74. The van der Waals surface area contributed by atoms with E-state index in [0.29, 0.717) is 0 Å². The third-order valence-electron chi connectivity index (χ3n) is 2.21. The molecule has 0 unspecified atom stereocenters. The fraction of sp³-hybridized carbons (Fsp3) is 0.0833. The van der Waals surface area contributed by atoms with E-state index in [2.05, 4.69) is 15.9 Å². The molecule has 1 aromatic carbocycles. The molecule has 88 valence electrons. The van der Waals surface area contributed by atoms with Gasteiger partial charge in [-0.3, -0.25) is 4.79 Å². The molecule has 5 heteroatoms. The lowest BCUT2D eigenvalue weighted by molar-refractivity contribution is 0.0988. The van der Waals surface area contributed by atoms with Crippen molar-refractivity contribution in [3.63, 3.8) is 0 Å². The summed E-state index contributed by atoms with van der Waals surface area (Å²) >= 11 is 3.06. The Morgan fingerprint density at radius 1 is 1.29 bits per heavy atom. The van der Waals surface area contributed by atoms with Gasteiger partial charge in [-0.05, 0) is 34.1 Å². The summed E-state index contributed by atoms with van der Waals surface area (Å²) in [5.74, 6) is -1.37. The highest BCUT2D eigenvalue weighted by molar-refractivity contribution is 9.10. The van der Waals surface area contributed by atoms with Crippen LogP contribution < -0.4 is 0 Å². The van der Waals surface area contributed by atoms with Gasteiger partial charge in [0.05, 0.1) is 5.56 Å². The first-order chi connectivity index (χ1) is 7.99. The van der Waals surface area contributed by atoms with Gasteiger partial charge in [-0.1, -0.05) is 0 Å². The van der Waals surface area contributed by atoms with E-state index in [4.69, 9.17) is 4.42 Å².